The van der Waals surface area contributed by atoms with Gasteiger partial charge in [0.15, 0.2) is 0 Å². The topological polar surface area (TPSA) is 41.6 Å². The lowest BCUT2D eigenvalue weighted by Gasteiger charge is -2.27. The van der Waals surface area contributed by atoms with Gasteiger partial charge in [-0.1, -0.05) is 25.1 Å². The van der Waals surface area contributed by atoms with Gasteiger partial charge in [0.1, 0.15) is 0 Å². The first kappa shape index (κ1) is 17.0. The zero-order valence-corrected chi connectivity index (χ0v) is 14.0. The molecule has 2 rings (SSSR count). The van der Waals surface area contributed by atoms with Crippen molar-refractivity contribution in [2.24, 2.45) is 0 Å². The van der Waals surface area contributed by atoms with E-state index in [0.29, 0.717) is 6.54 Å². The van der Waals surface area contributed by atoms with Crippen LogP contribution in [0.5, 0.6) is 0 Å². The molecule has 1 saturated heterocycles. The number of carbonyl (C=O) groups excluding carboxylic acids is 1. The first-order chi connectivity index (χ1) is 10.6. The van der Waals surface area contributed by atoms with Crippen molar-refractivity contribution in [1.29, 1.82) is 0 Å². The molecule has 1 heterocycles. The van der Waals surface area contributed by atoms with Crippen molar-refractivity contribution in [3.05, 3.63) is 29.3 Å². The molecule has 122 valence electrons. The summed E-state index contributed by atoms with van der Waals surface area (Å²) >= 11 is 0. The minimum Gasteiger partial charge on any atom is -0.377 e. The molecule has 0 aliphatic carbocycles. The van der Waals surface area contributed by atoms with Crippen molar-refractivity contribution in [1.82, 2.24) is 4.90 Å². The van der Waals surface area contributed by atoms with Gasteiger partial charge in [0.25, 0.3) is 0 Å². The van der Waals surface area contributed by atoms with E-state index in [1.807, 2.05) is 26.1 Å². The van der Waals surface area contributed by atoms with Gasteiger partial charge >= 0.3 is 0 Å². The molecule has 0 radical (unpaired) electrons. The van der Waals surface area contributed by atoms with Gasteiger partial charge in [-0.15, -0.1) is 0 Å². The second-order valence-corrected chi connectivity index (χ2v) is 6.20. The Bertz CT molecular complexity index is 496. The molecule has 0 aromatic heterocycles. The second kappa shape index (κ2) is 8.30. The predicted octanol–water partition coefficient (Wildman–Crippen LogP) is 3.00. The van der Waals surface area contributed by atoms with Gasteiger partial charge in [0.2, 0.25) is 5.91 Å². The Hall–Kier alpha value is -1.39. The molecule has 0 saturated carbocycles. The Labute approximate surface area is 133 Å². The normalized spacial score (nSPS) is 18.5. The van der Waals surface area contributed by atoms with E-state index in [1.54, 1.807) is 0 Å². The summed E-state index contributed by atoms with van der Waals surface area (Å²) < 4.78 is 5.73. The number of benzene rings is 1. The summed E-state index contributed by atoms with van der Waals surface area (Å²) in [6.45, 7) is 6.22. The summed E-state index contributed by atoms with van der Waals surface area (Å²) in [5.41, 5.74) is 3.27. The number of ether oxygens (including phenoxy) is 1. The lowest BCUT2D eigenvalue weighted by atomic mass is 10.1. The van der Waals surface area contributed by atoms with E-state index in [2.05, 4.69) is 23.2 Å². The number of carbonyl (C=O) groups is 1. The van der Waals surface area contributed by atoms with E-state index in [4.69, 9.17) is 4.74 Å². The predicted molar refractivity (Wildman–Crippen MR) is 90.3 cm³/mol. The third-order valence-electron chi connectivity index (χ3n) is 4.21. The largest absolute Gasteiger partial charge is 0.377 e. The zero-order chi connectivity index (χ0) is 15.9. The lowest BCUT2D eigenvalue weighted by Crippen LogP contribution is -2.38. The smallest absolute Gasteiger partial charge is 0.238 e. The van der Waals surface area contributed by atoms with Crippen LogP contribution in [0.3, 0.4) is 0 Å². The molecule has 22 heavy (non-hydrogen) atoms. The molecule has 1 aromatic carbocycles. The van der Waals surface area contributed by atoms with Gasteiger partial charge < -0.3 is 10.1 Å². The number of hydrogen-bond donors (Lipinski definition) is 1. The third-order valence-corrected chi connectivity index (χ3v) is 4.21. The molecule has 1 fully saturated rings. The molecule has 1 unspecified atom stereocenters. The van der Waals surface area contributed by atoms with Crippen LogP contribution in [0.4, 0.5) is 5.69 Å². The van der Waals surface area contributed by atoms with E-state index in [9.17, 15) is 4.79 Å². The number of nitrogens with one attached hydrogen (secondary N) is 1. The Morgan fingerprint density at radius 3 is 2.91 bits per heavy atom. The Kier molecular flexibility index (Phi) is 6.40. The van der Waals surface area contributed by atoms with E-state index in [1.165, 1.54) is 12.0 Å². The fourth-order valence-electron chi connectivity index (χ4n) is 2.99. The second-order valence-electron chi connectivity index (χ2n) is 6.20. The van der Waals surface area contributed by atoms with Crippen LogP contribution >= 0.6 is 0 Å². The molecule has 1 aliphatic heterocycles. The van der Waals surface area contributed by atoms with Gasteiger partial charge in [0, 0.05) is 18.8 Å². The molecule has 1 N–H and O–H groups in total. The highest BCUT2D eigenvalue weighted by Gasteiger charge is 2.17. The summed E-state index contributed by atoms with van der Waals surface area (Å²) in [7, 11) is 1.98. The van der Waals surface area contributed by atoms with E-state index >= 15 is 0 Å². The molecular weight excluding hydrogens is 276 g/mol. The number of nitrogens with zero attached hydrogens (tertiary/aromatic N) is 1. The maximum Gasteiger partial charge on any atom is 0.238 e. The molecule has 4 heteroatoms. The number of likely N-dealkylation sites (N-methyl/N-ethyl adjacent to an activating group) is 1. The van der Waals surface area contributed by atoms with Crippen LogP contribution in [0.15, 0.2) is 18.2 Å². The van der Waals surface area contributed by atoms with Gasteiger partial charge in [-0.05, 0) is 50.8 Å². The average molecular weight is 304 g/mol. The van der Waals surface area contributed by atoms with Crippen LogP contribution in [0.25, 0.3) is 0 Å². The minimum atomic E-state index is 0.0438. The van der Waals surface area contributed by atoms with E-state index in [0.717, 1.165) is 43.7 Å². The van der Waals surface area contributed by atoms with Gasteiger partial charge in [-0.2, -0.15) is 0 Å². The summed E-state index contributed by atoms with van der Waals surface area (Å²) in [6, 6.07) is 6.15. The molecule has 1 amide bonds. The van der Waals surface area contributed by atoms with Crippen LogP contribution < -0.4 is 5.32 Å². The monoisotopic (exact) mass is 304 g/mol. The maximum atomic E-state index is 12.3. The van der Waals surface area contributed by atoms with Crippen molar-refractivity contribution >= 4 is 11.6 Å². The molecule has 1 atom stereocenters. The molecular formula is C18H28N2O2. The van der Waals surface area contributed by atoms with Gasteiger partial charge in [-0.3, -0.25) is 9.69 Å². The van der Waals surface area contributed by atoms with Crippen LogP contribution in [0.2, 0.25) is 0 Å². The average Bonchev–Trinajstić information content (AvgIpc) is 2.50. The fraction of sp³-hybridized carbons (Fsp3) is 0.611. The number of hydrogen-bond acceptors (Lipinski definition) is 3. The Morgan fingerprint density at radius 1 is 1.41 bits per heavy atom. The number of anilines is 1. The highest BCUT2D eigenvalue weighted by molar-refractivity contribution is 5.93. The first-order valence-corrected chi connectivity index (χ1v) is 8.28. The number of para-hydroxylation sites is 1. The van der Waals surface area contributed by atoms with Crippen molar-refractivity contribution < 1.29 is 9.53 Å². The summed E-state index contributed by atoms with van der Waals surface area (Å²) in [4.78, 5) is 14.3. The van der Waals surface area contributed by atoms with Crippen molar-refractivity contribution in [2.45, 2.75) is 45.6 Å². The van der Waals surface area contributed by atoms with Gasteiger partial charge in [-0.25, -0.2) is 0 Å². The van der Waals surface area contributed by atoms with Gasteiger partial charge in [0.05, 0.1) is 12.6 Å². The molecule has 4 nitrogen and oxygen atoms in total. The summed E-state index contributed by atoms with van der Waals surface area (Å²) in [6.07, 6.45) is 4.69. The highest BCUT2D eigenvalue weighted by Crippen LogP contribution is 2.21. The number of rotatable bonds is 6. The van der Waals surface area contributed by atoms with Crippen molar-refractivity contribution in [3.8, 4) is 0 Å². The SMILES string of the molecule is CCc1cccc(C)c1NC(=O)CN(C)CC1CCCCO1. The quantitative estimate of drug-likeness (QED) is 0.878. The van der Waals surface area contributed by atoms with Crippen LogP contribution in [-0.4, -0.2) is 43.7 Å². The Morgan fingerprint density at radius 2 is 2.23 bits per heavy atom. The molecule has 1 aromatic rings. The standard InChI is InChI=1S/C18H28N2O2/c1-4-15-9-7-8-14(2)18(15)19-17(21)13-20(3)12-16-10-5-6-11-22-16/h7-9,16H,4-6,10-13H2,1-3H3,(H,19,21). The van der Waals surface area contributed by atoms with E-state index < -0.39 is 0 Å². The lowest BCUT2D eigenvalue weighted by molar-refractivity contribution is -0.117. The van der Waals surface area contributed by atoms with Crippen LogP contribution in [0, 0.1) is 6.92 Å². The zero-order valence-electron chi connectivity index (χ0n) is 14.0. The number of aryl methyl sites for hydroxylation is 2. The van der Waals surface area contributed by atoms with Crippen molar-refractivity contribution in [3.63, 3.8) is 0 Å². The molecule has 1 aliphatic rings. The summed E-state index contributed by atoms with van der Waals surface area (Å²) in [5, 5.41) is 3.08. The first-order valence-electron chi connectivity index (χ1n) is 8.28. The molecule has 0 spiro atoms. The third kappa shape index (κ3) is 4.82. The Balaban J connectivity index is 1.87. The van der Waals surface area contributed by atoms with E-state index in [-0.39, 0.29) is 12.0 Å². The highest BCUT2D eigenvalue weighted by atomic mass is 16.5. The maximum absolute atomic E-state index is 12.3. The van der Waals surface area contributed by atoms with Crippen molar-refractivity contribution in [2.75, 3.05) is 32.1 Å². The molecule has 0 bridgehead atoms. The number of amides is 1. The summed E-state index contributed by atoms with van der Waals surface area (Å²) in [5.74, 6) is 0.0438. The fourth-order valence-corrected chi connectivity index (χ4v) is 2.99. The van der Waals surface area contributed by atoms with Crippen LogP contribution in [0.1, 0.15) is 37.3 Å². The van der Waals surface area contributed by atoms with Crippen LogP contribution in [-0.2, 0) is 16.0 Å². The minimum absolute atomic E-state index is 0.0438.